The second-order valence-corrected chi connectivity index (χ2v) is 3.32. The Morgan fingerprint density at radius 3 is 3.25 bits per heavy atom. The van der Waals surface area contributed by atoms with Crippen molar-refractivity contribution < 1.29 is 9.53 Å². The van der Waals surface area contributed by atoms with Crippen LogP contribution < -0.4 is 10.1 Å². The van der Waals surface area contributed by atoms with Gasteiger partial charge in [-0.1, -0.05) is 13.0 Å². The highest BCUT2D eigenvalue weighted by molar-refractivity contribution is 5.77. The van der Waals surface area contributed by atoms with Gasteiger partial charge >= 0.3 is 0 Å². The summed E-state index contributed by atoms with van der Waals surface area (Å²) >= 11 is 0. The van der Waals surface area contributed by atoms with E-state index in [1.165, 1.54) is 0 Å². The van der Waals surface area contributed by atoms with Crippen LogP contribution in [0.5, 0.6) is 5.75 Å². The first-order chi connectivity index (χ1) is 7.76. The van der Waals surface area contributed by atoms with E-state index in [2.05, 4.69) is 23.9 Å². The third kappa shape index (κ3) is 4.16. The molecule has 1 amide bonds. The zero-order chi connectivity index (χ0) is 11.8. The molecular weight excluding hydrogens is 206 g/mol. The van der Waals surface area contributed by atoms with Crippen molar-refractivity contribution in [1.29, 1.82) is 0 Å². The smallest absolute Gasteiger partial charge is 0.258 e. The molecule has 0 aliphatic carbocycles. The van der Waals surface area contributed by atoms with Crippen molar-refractivity contribution >= 4 is 5.91 Å². The van der Waals surface area contributed by atoms with Crippen LogP contribution in [0.15, 0.2) is 25.0 Å². The molecule has 1 heterocycles. The molecule has 88 valence electrons. The third-order valence-corrected chi connectivity index (χ3v) is 1.88. The van der Waals surface area contributed by atoms with Gasteiger partial charge in [-0.25, -0.2) is 0 Å². The maximum Gasteiger partial charge on any atom is 0.258 e. The number of carbonyl (C=O) groups is 1. The first kappa shape index (κ1) is 12.3. The number of aryl methyl sites for hydroxylation is 1. The minimum absolute atomic E-state index is 0.00561. The van der Waals surface area contributed by atoms with Crippen molar-refractivity contribution in [1.82, 2.24) is 15.1 Å². The number of carbonyl (C=O) groups excluding carboxylic acids is 1. The second-order valence-electron chi connectivity index (χ2n) is 3.32. The van der Waals surface area contributed by atoms with E-state index in [1.807, 2.05) is 0 Å². The first-order valence-corrected chi connectivity index (χ1v) is 5.29. The minimum atomic E-state index is -0.164. The summed E-state index contributed by atoms with van der Waals surface area (Å²) in [5.41, 5.74) is 0. The van der Waals surface area contributed by atoms with Gasteiger partial charge in [-0.3, -0.25) is 9.48 Å². The molecule has 0 fully saturated rings. The molecule has 0 bridgehead atoms. The van der Waals surface area contributed by atoms with Crippen LogP contribution in [0.2, 0.25) is 0 Å². The molecule has 0 saturated carbocycles. The summed E-state index contributed by atoms with van der Waals surface area (Å²) in [6.07, 6.45) is 6.03. The number of hydrogen-bond donors (Lipinski definition) is 1. The molecule has 0 radical (unpaired) electrons. The Balaban J connectivity index is 2.30. The molecular formula is C11H17N3O2. The molecule has 1 N–H and O–H groups in total. The predicted molar refractivity (Wildman–Crippen MR) is 61.2 cm³/mol. The van der Waals surface area contributed by atoms with E-state index in [1.54, 1.807) is 23.2 Å². The van der Waals surface area contributed by atoms with Gasteiger partial charge in [-0.05, 0) is 6.42 Å². The minimum Gasteiger partial charge on any atom is -0.480 e. The molecule has 0 atom stereocenters. The Morgan fingerprint density at radius 1 is 1.75 bits per heavy atom. The van der Waals surface area contributed by atoms with Crippen LogP contribution in [0.3, 0.4) is 0 Å². The molecule has 1 aromatic rings. The summed E-state index contributed by atoms with van der Waals surface area (Å²) < 4.78 is 7.05. The van der Waals surface area contributed by atoms with Gasteiger partial charge in [-0.15, -0.1) is 6.58 Å². The van der Waals surface area contributed by atoms with E-state index in [0.717, 1.165) is 13.0 Å². The molecule has 0 saturated heterocycles. The van der Waals surface area contributed by atoms with Crippen LogP contribution in [0.4, 0.5) is 0 Å². The lowest BCUT2D eigenvalue weighted by Crippen LogP contribution is -2.28. The molecule has 1 rings (SSSR count). The summed E-state index contributed by atoms with van der Waals surface area (Å²) in [6, 6.07) is 0. The van der Waals surface area contributed by atoms with Gasteiger partial charge in [0.1, 0.15) is 0 Å². The fourth-order valence-electron chi connectivity index (χ4n) is 1.16. The summed E-state index contributed by atoms with van der Waals surface area (Å²) in [7, 11) is 0. The van der Waals surface area contributed by atoms with E-state index < -0.39 is 0 Å². The molecule has 0 aliphatic heterocycles. The molecule has 0 aliphatic rings. The van der Waals surface area contributed by atoms with E-state index in [4.69, 9.17) is 4.74 Å². The lowest BCUT2D eigenvalue weighted by atomic mass is 10.5. The van der Waals surface area contributed by atoms with Crippen molar-refractivity contribution in [2.24, 2.45) is 0 Å². The van der Waals surface area contributed by atoms with Gasteiger partial charge in [0.05, 0.1) is 12.4 Å². The second kappa shape index (κ2) is 6.66. The zero-order valence-corrected chi connectivity index (χ0v) is 9.48. The standard InChI is InChI=1S/C11H17N3O2/c1-3-5-12-11(15)9-16-10-7-13-14(8-10)6-4-2/h3,7-8H,1,4-6,9H2,2H3,(H,12,15). The third-order valence-electron chi connectivity index (χ3n) is 1.88. The van der Waals surface area contributed by atoms with Crippen molar-refractivity contribution in [2.75, 3.05) is 13.2 Å². The van der Waals surface area contributed by atoms with Crippen LogP contribution in [-0.2, 0) is 11.3 Å². The first-order valence-electron chi connectivity index (χ1n) is 5.29. The lowest BCUT2D eigenvalue weighted by Gasteiger charge is -2.03. The van der Waals surface area contributed by atoms with Crippen LogP contribution in [-0.4, -0.2) is 28.8 Å². The summed E-state index contributed by atoms with van der Waals surface area (Å²) in [5, 5.41) is 6.72. The SMILES string of the molecule is C=CCNC(=O)COc1cnn(CCC)c1. The van der Waals surface area contributed by atoms with Crippen LogP contribution in [0.1, 0.15) is 13.3 Å². The van der Waals surface area contributed by atoms with Gasteiger partial charge < -0.3 is 10.1 Å². The van der Waals surface area contributed by atoms with Gasteiger partial charge in [0.15, 0.2) is 12.4 Å². The topological polar surface area (TPSA) is 56.1 Å². The Hall–Kier alpha value is -1.78. The average molecular weight is 223 g/mol. The number of nitrogens with zero attached hydrogens (tertiary/aromatic N) is 2. The van der Waals surface area contributed by atoms with Crippen molar-refractivity contribution in [3.63, 3.8) is 0 Å². The van der Waals surface area contributed by atoms with E-state index in [9.17, 15) is 4.79 Å². The van der Waals surface area contributed by atoms with E-state index in [0.29, 0.717) is 12.3 Å². The monoisotopic (exact) mass is 223 g/mol. The summed E-state index contributed by atoms with van der Waals surface area (Å²) in [6.45, 7) is 6.89. The Morgan fingerprint density at radius 2 is 2.56 bits per heavy atom. The van der Waals surface area contributed by atoms with E-state index in [-0.39, 0.29) is 12.5 Å². The van der Waals surface area contributed by atoms with Crippen LogP contribution in [0.25, 0.3) is 0 Å². The summed E-state index contributed by atoms with van der Waals surface area (Å²) in [4.78, 5) is 11.2. The molecule has 5 nitrogen and oxygen atoms in total. The summed E-state index contributed by atoms with van der Waals surface area (Å²) in [5.74, 6) is 0.449. The highest BCUT2D eigenvalue weighted by atomic mass is 16.5. The van der Waals surface area contributed by atoms with Gasteiger partial charge in [0, 0.05) is 13.1 Å². The molecule has 0 unspecified atom stereocenters. The van der Waals surface area contributed by atoms with Crippen molar-refractivity contribution in [3.05, 3.63) is 25.0 Å². The highest BCUT2D eigenvalue weighted by Crippen LogP contribution is 2.07. The quantitative estimate of drug-likeness (QED) is 0.701. The van der Waals surface area contributed by atoms with Gasteiger partial charge in [0.25, 0.3) is 5.91 Å². The number of aromatic nitrogens is 2. The number of ether oxygens (including phenoxy) is 1. The van der Waals surface area contributed by atoms with Gasteiger partial charge in [0.2, 0.25) is 0 Å². The van der Waals surface area contributed by atoms with Crippen LogP contribution in [0, 0.1) is 0 Å². The molecule has 0 spiro atoms. The van der Waals surface area contributed by atoms with E-state index >= 15 is 0 Å². The normalized spacial score (nSPS) is 9.81. The molecule has 5 heteroatoms. The number of nitrogens with one attached hydrogen (secondary N) is 1. The van der Waals surface area contributed by atoms with Crippen molar-refractivity contribution in [2.45, 2.75) is 19.9 Å². The van der Waals surface area contributed by atoms with Crippen LogP contribution >= 0.6 is 0 Å². The highest BCUT2D eigenvalue weighted by Gasteiger charge is 2.03. The Bertz CT molecular complexity index is 347. The number of hydrogen-bond acceptors (Lipinski definition) is 3. The maximum atomic E-state index is 11.2. The predicted octanol–water partition coefficient (Wildman–Crippen LogP) is 0.974. The van der Waals surface area contributed by atoms with Gasteiger partial charge in [-0.2, -0.15) is 5.10 Å². The molecule has 1 aromatic heterocycles. The Kier molecular flexibility index (Phi) is 5.11. The number of rotatable bonds is 7. The largest absolute Gasteiger partial charge is 0.480 e. The molecule has 16 heavy (non-hydrogen) atoms. The fraction of sp³-hybridized carbons (Fsp3) is 0.455. The number of amides is 1. The zero-order valence-electron chi connectivity index (χ0n) is 9.48. The lowest BCUT2D eigenvalue weighted by molar-refractivity contribution is -0.122. The Labute approximate surface area is 95.1 Å². The molecule has 0 aromatic carbocycles. The fourth-order valence-corrected chi connectivity index (χ4v) is 1.16. The average Bonchev–Trinajstić information content (AvgIpc) is 2.72. The maximum absolute atomic E-state index is 11.2. The van der Waals surface area contributed by atoms with Crippen molar-refractivity contribution in [3.8, 4) is 5.75 Å².